The first kappa shape index (κ1) is 10.7. The van der Waals surface area contributed by atoms with Crippen LogP contribution in [0.1, 0.15) is 6.92 Å². The van der Waals surface area contributed by atoms with Crippen LogP contribution < -0.4 is 27.0 Å². The number of carbonyl (C=O) groups is 1. The minimum absolute atomic E-state index is 0.0777. The number of carbonyl (C=O) groups excluding carboxylic acids is 1. The van der Waals surface area contributed by atoms with E-state index in [1.54, 1.807) is 0 Å². The first-order chi connectivity index (χ1) is 7.75. The fourth-order valence-electron chi connectivity index (χ4n) is 1.41. The summed E-state index contributed by atoms with van der Waals surface area (Å²) in [5.74, 6) is 0. The molecule has 1 aliphatic heterocycles. The van der Waals surface area contributed by atoms with Gasteiger partial charge in [-0.1, -0.05) is 18.2 Å². The fourth-order valence-corrected chi connectivity index (χ4v) is 1.41. The molecule has 86 valence electrons. The largest absolute Gasteiger partial charge is 0.330 e. The van der Waals surface area contributed by atoms with Gasteiger partial charge in [0.15, 0.2) is 0 Å². The molecule has 16 heavy (non-hydrogen) atoms. The zero-order valence-electron chi connectivity index (χ0n) is 8.95. The van der Waals surface area contributed by atoms with Crippen LogP contribution >= 0.6 is 0 Å². The van der Waals surface area contributed by atoms with Gasteiger partial charge in [0.05, 0.1) is 6.04 Å². The van der Waals surface area contributed by atoms with Gasteiger partial charge in [0.2, 0.25) is 0 Å². The Labute approximate surface area is 93.7 Å². The highest BCUT2D eigenvalue weighted by atomic mass is 16.2. The van der Waals surface area contributed by atoms with Gasteiger partial charge in [-0.05, 0) is 19.1 Å². The Hall–Kier alpha value is -1.79. The zero-order valence-corrected chi connectivity index (χ0v) is 8.95. The van der Waals surface area contributed by atoms with E-state index in [1.165, 1.54) is 0 Å². The molecule has 6 nitrogen and oxygen atoms in total. The van der Waals surface area contributed by atoms with Crippen molar-refractivity contribution in [1.82, 2.24) is 21.6 Å². The Kier molecular flexibility index (Phi) is 3.23. The van der Waals surface area contributed by atoms with Gasteiger partial charge < -0.3 is 10.7 Å². The molecule has 0 aliphatic carbocycles. The molecule has 1 heterocycles. The molecular weight excluding hydrogens is 206 g/mol. The van der Waals surface area contributed by atoms with Crippen molar-refractivity contribution in [2.24, 2.45) is 0 Å². The molecule has 1 saturated heterocycles. The van der Waals surface area contributed by atoms with Crippen molar-refractivity contribution in [2.45, 2.75) is 19.1 Å². The van der Waals surface area contributed by atoms with Gasteiger partial charge in [0, 0.05) is 5.69 Å². The maximum atomic E-state index is 11.1. The van der Waals surface area contributed by atoms with Crippen molar-refractivity contribution in [2.75, 3.05) is 5.43 Å². The lowest BCUT2D eigenvalue weighted by atomic mass is 10.2. The predicted molar refractivity (Wildman–Crippen MR) is 61.3 cm³/mol. The molecule has 0 radical (unpaired) electrons. The highest BCUT2D eigenvalue weighted by Crippen LogP contribution is 2.03. The Morgan fingerprint density at radius 3 is 2.75 bits per heavy atom. The minimum atomic E-state index is -0.245. The summed E-state index contributed by atoms with van der Waals surface area (Å²) in [7, 11) is 0. The number of nitrogens with one attached hydrogen (secondary N) is 5. The molecule has 1 aromatic rings. The molecule has 0 spiro atoms. The molecule has 0 aromatic heterocycles. The number of hydrazine groups is 2. The van der Waals surface area contributed by atoms with E-state index < -0.39 is 0 Å². The van der Waals surface area contributed by atoms with E-state index in [9.17, 15) is 4.79 Å². The van der Waals surface area contributed by atoms with Crippen LogP contribution in [-0.4, -0.2) is 18.2 Å². The van der Waals surface area contributed by atoms with Crippen molar-refractivity contribution in [3.8, 4) is 0 Å². The first-order valence-electron chi connectivity index (χ1n) is 5.14. The number of rotatable bonds is 3. The maximum absolute atomic E-state index is 11.1. The first-order valence-corrected chi connectivity index (χ1v) is 5.14. The molecule has 5 N–H and O–H groups in total. The van der Waals surface area contributed by atoms with E-state index in [4.69, 9.17) is 0 Å². The summed E-state index contributed by atoms with van der Waals surface area (Å²) in [6.45, 7) is 1.96. The number of hydrogen-bond donors (Lipinski definition) is 5. The summed E-state index contributed by atoms with van der Waals surface area (Å²) in [5.41, 5.74) is 12.4. The molecule has 2 amide bonds. The number of amides is 2. The molecular formula is C10H15N5O. The van der Waals surface area contributed by atoms with Crippen LogP contribution in [0.5, 0.6) is 0 Å². The molecule has 1 aliphatic rings. The predicted octanol–water partition coefficient (Wildman–Crippen LogP) is 0.135. The molecule has 1 aromatic carbocycles. The van der Waals surface area contributed by atoms with Crippen LogP contribution in [0.2, 0.25) is 0 Å². The van der Waals surface area contributed by atoms with E-state index in [-0.39, 0.29) is 18.2 Å². The monoisotopic (exact) mass is 221 g/mol. The van der Waals surface area contributed by atoms with Gasteiger partial charge in [0.25, 0.3) is 0 Å². The number of urea groups is 1. The average Bonchev–Trinajstić information content (AvgIpc) is 2.32. The van der Waals surface area contributed by atoms with Crippen LogP contribution in [-0.2, 0) is 0 Å². The molecule has 2 unspecified atom stereocenters. The lowest BCUT2D eigenvalue weighted by Gasteiger charge is -2.32. The van der Waals surface area contributed by atoms with E-state index in [2.05, 4.69) is 27.0 Å². The summed E-state index contributed by atoms with van der Waals surface area (Å²) in [5, 5.41) is 2.75. The minimum Gasteiger partial charge on any atom is -0.320 e. The van der Waals surface area contributed by atoms with E-state index in [0.717, 1.165) is 5.69 Å². The summed E-state index contributed by atoms with van der Waals surface area (Å²) >= 11 is 0. The van der Waals surface area contributed by atoms with Crippen LogP contribution in [0, 0.1) is 0 Å². The molecule has 2 atom stereocenters. The Morgan fingerprint density at radius 2 is 2.00 bits per heavy atom. The average molecular weight is 221 g/mol. The van der Waals surface area contributed by atoms with Crippen LogP contribution in [0.15, 0.2) is 30.3 Å². The summed E-state index contributed by atoms with van der Waals surface area (Å²) in [6, 6.07) is 9.53. The van der Waals surface area contributed by atoms with Crippen LogP contribution in [0.3, 0.4) is 0 Å². The molecule has 1 fully saturated rings. The summed E-state index contributed by atoms with van der Waals surface area (Å²) in [4.78, 5) is 11.1. The van der Waals surface area contributed by atoms with Gasteiger partial charge in [-0.15, -0.1) is 0 Å². The van der Waals surface area contributed by atoms with Gasteiger partial charge >= 0.3 is 6.03 Å². The lowest BCUT2D eigenvalue weighted by molar-refractivity contribution is 0.204. The van der Waals surface area contributed by atoms with Crippen LogP contribution in [0.25, 0.3) is 0 Å². The fraction of sp³-hybridized carbons (Fsp3) is 0.300. The normalized spacial score (nSPS) is 24.4. The Balaban J connectivity index is 1.87. The number of anilines is 1. The number of hydrogen-bond acceptors (Lipinski definition) is 4. The topological polar surface area (TPSA) is 77.2 Å². The number of benzene rings is 1. The highest BCUT2D eigenvalue weighted by molar-refractivity contribution is 5.74. The standard InChI is InChI=1S/C10H15N5O/c1-7-9(11-10(16)15-12-7)14-13-8-5-3-2-4-6-8/h2-7,9,12-14H,1H3,(H2,11,15,16). The second-order valence-electron chi connectivity index (χ2n) is 3.64. The SMILES string of the molecule is CC1NNC(=O)NC1NNc1ccccc1. The van der Waals surface area contributed by atoms with Gasteiger partial charge in [-0.3, -0.25) is 5.43 Å². The quantitative estimate of drug-likeness (QED) is 0.470. The second-order valence-corrected chi connectivity index (χ2v) is 3.64. The Bertz CT molecular complexity index is 355. The van der Waals surface area contributed by atoms with Crippen molar-refractivity contribution in [1.29, 1.82) is 0 Å². The Morgan fingerprint density at radius 1 is 1.25 bits per heavy atom. The van der Waals surface area contributed by atoms with Gasteiger partial charge in [0.1, 0.15) is 6.17 Å². The summed E-state index contributed by atoms with van der Waals surface area (Å²) in [6.07, 6.45) is -0.172. The maximum Gasteiger partial charge on any atom is 0.330 e. The third kappa shape index (κ3) is 2.62. The molecule has 0 bridgehead atoms. The third-order valence-corrected chi connectivity index (χ3v) is 2.35. The number of para-hydroxylation sites is 1. The third-order valence-electron chi connectivity index (χ3n) is 2.35. The van der Waals surface area contributed by atoms with E-state index in [0.29, 0.717) is 0 Å². The van der Waals surface area contributed by atoms with Gasteiger partial charge in [-0.25, -0.2) is 15.6 Å². The smallest absolute Gasteiger partial charge is 0.320 e. The van der Waals surface area contributed by atoms with Gasteiger partial charge in [-0.2, -0.15) is 0 Å². The van der Waals surface area contributed by atoms with E-state index >= 15 is 0 Å². The molecule has 6 heteroatoms. The lowest BCUT2D eigenvalue weighted by Crippen LogP contribution is -2.68. The molecule has 2 rings (SSSR count). The second kappa shape index (κ2) is 4.82. The van der Waals surface area contributed by atoms with Crippen molar-refractivity contribution >= 4 is 11.7 Å². The van der Waals surface area contributed by atoms with Crippen molar-refractivity contribution in [3.05, 3.63) is 30.3 Å². The summed E-state index contributed by atoms with van der Waals surface area (Å²) < 4.78 is 0. The zero-order chi connectivity index (χ0) is 11.4. The molecule has 0 saturated carbocycles. The highest BCUT2D eigenvalue weighted by Gasteiger charge is 2.23. The van der Waals surface area contributed by atoms with Crippen LogP contribution in [0.4, 0.5) is 10.5 Å². The van der Waals surface area contributed by atoms with E-state index in [1.807, 2.05) is 37.3 Å². The van der Waals surface area contributed by atoms with Crippen molar-refractivity contribution < 1.29 is 4.79 Å². The van der Waals surface area contributed by atoms with Crippen molar-refractivity contribution in [3.63, 3.8) is 0 Å².